The fourth-order valence-corrected chi connectivity index (χ4v) is 3.62. The van der Waals surface area contributed by atoms with Crippen molar-refractivity contribution in [1.29, 1.82) is 0 Å². The topological polar surface area (TPSA) is 62.0 Å². The minimum atomic E-state index is -3.48. The predicted octanol–water partition coefficient (Wildman–Crippen LogP) is 3.88. The normalized spacial score (nSPS) is 11.1. The molecule has 0 unspecified atom stereocenters. The molecule has 0 bridgehead atoms. The predicted molar refractivity (Wildman–Crippen MR) is 96.4 cm³/mol. The van der Waals surface area contributed by atoms with Crippen molar-refractivity contribution in [2.45, 2.75) is 5.75 Å². The van der Waals surface area contributed by atoms with E-state index in [0.29, 0.717) is 16.2 Å². The lowest BCUT2D eigenvalue weighted by atomic mass is 10.2. The van der Waals surface area contributed by atoms with Crippen LogP contribution >= 0.6 is 25.1 Å². The van der Waals surface area contributed by atoms with E-state index < -0.39 is 10.0 Å². The molecule has 0 fully saturated rings. The number of halogens is 1. The number of fused-ring (bicyclic) bond motifs is 1. The van der Waals surface area contributed by atoms with Crippen LogP contribution in [0.5, 0.6) is 0 Å². The number of aromatic nitrogens is 1. The van der Waals surface area contributed by atoms with Crippen molar-refractivity contribution in [2.75, 3.05) is 4.72 Å². The van der Waals surface area contributed by atoms with Crippen LogP contribution in [0, 0.1) is 0 Å². The van der Waals surface area contributed by atoms with Crippen molar-refractivity contribution in [3.05, 3.63) is 65.3 Å². The number of sulfonamides is 1. The highest BCUT2D eigenvalue weighted by atomic mass is 35.5. The Kier molecular flexibility index (Phi) is 5.05. The highest BCUT2D eigenvalue weighted by Gasteiger charge is 2.14. The monoisotopic (exact) mass is 354 g/mol. The van der Waals surface area contributed by atoms with Crippen molar-refractivity contribution >= 4 is 51.7 Å². The maximum absolute atomic E-state index is 12.3. The molecule has 7 heteroatoms. The Bertz CT molecular complexity index is 877. The van der Waals surface area contributed by atoms with E-state index in [1.165, 1.54) is 0 Å². The molecule has 2 N–H and O–H groups in total. The Morgan fingerprint density at radius 1 is 1.05 bits per heavy atom. The molecule has 116 valence electrons. The van der Waals surface area contributed by atoms with E-state index in [-0.39, 0.29) is 19.2 Å². The van der Waals surface area contributed by atoms with Gasteiger partial charge in [-0.3, -0.25) is 4.72 Å². The Labute approximate surface area is 141 Å². The first kappa shape index (κ1) is 16.7. The minimum Gasteiger partial charge on any atom is -0.358 e. The van der Waals surface area contributed by atoms with Gasteiger partial charge in [-0.05, 0) is 11.6 Å². The number of rotatable bonds is 4. The summed E-state index contributed by atoms with van der Waals surface area (Å²) >= 11 is 6.04. The summed E-state index contributed by atoms with van der Waals surface area (Å²) in [4.78, 5) is 2.98. The zero-order valence-electron chi connectivity index (χ0n) is 11.5. The van der Waals surface area contributed by atoms with E-state index >= 15 is 0 Å². The van der Waals surface area contributed by atoms with E-state index in [1.807, 2.05) is 24.3 Å². The van der Waals surface area contributed by atoms with Crippen molar-refractivity contribution < 1.29 is 8.42 Å². The first-order valence-electron chi connectivity index (χ1n) is 6.35. The number of benzene rings is 2. The highest BCUT2D eigenvalue weighted by molar-refractivity contribution is 7.91. The lowest BCUT2D eigenvalue weighted by Crippen LogP contribution is -2.15. The molecule has 3 aromatic rings. The van der Waals surface area contributed by atoms with Gasteiger partial charge in [0.05, 0.1) is 22.0 Å². The fourth-order valence-electron chi connectivity index (χ4n) is 2.20. The van der Waals surface area contributed by atoms with E-state index in [4.69, 9.17) is 11.6 Å². The molecule has 0 radical (unpaired) electrons. The van der Waals surface area contributed by atoms with Crippen LogP contribution in [0.4, 0.5) is 5.69 Å². The second-order valence-electron chi connectivity index (χ2n) is 4.71. The van der Waals surface area contributed by atoms with Crippen molar-refractivity contribution in [1.82, 2.24) is 4.98 Å². The van der Waals surface area contributed by atoms with E-state index in [9.17, 15) is 8.42 Å². The van der Waals surface area contributed by atoms with Crippen molar-refractivity contribution in [3.63, 3.8) is 0 Å². The van der Waals surface area contributed by atoms with Crippen LogP contribution in [0.2, 0.25) is 5.02 Å². The first-order chi connectivity index (χ1) is 10.1. The van der Waals surface area contributed by atoms with Gasteiger partial charge in [-0.25, -0.2) is 8.42 Å². The molecule has 1 heterocycles. The largest absolute Gasteiger partial charge is 0.358 e. The Balaban J connectivity index is 0.00000176. The van der Waals surface area contributed by atoms with E-state index in [0.717, 1.165) is 10.9 Å². The summed E-state index contributed by atoms with van der Waals surface area (Å²) in [5, 5.41) is 1.35. The molecule has 2 aromatic carbocycles. The molecule has 0 saturated heterocycles. The van der Waals surface area contributed by atoms with Crippen LogP contribution < -0.4 is 4.72 Å². The Morgan fingerprint density at radius 2 is 1.77 bits per heavy atom. The maximum Gasteiger partial charge on any atom is 0.236 e. The second-order valence-corrected chi connectivity index (χ2v) is 6.84. The molecule has 22 heavy (non-hydrogen) atoms. The third kappa shape index (κ3) is 3.58. The summed E-state index contributed by atoms with van der Waals surface area (Å²) < 4.78 is 27.1. The molecule has 0 aliphatic heterocycles. The standard InChI is InChI=1S/C15H13ClN2O2S.H2S/c16-13-9-17-15-12(13)7-4-8-14(15)18-21(19,20)10-11-5-2-1-3-6-11;/h1-9,17-18H,10H2;1H2. The first-order valence-corrected chi connectivity index (χ1v) is 8.38. The van der Waals surface area contributed by atoms with Gasteiger partial charge in [-0.1, -0.05) is 54.1 Å². The minimum absolute atomic E-state index is 0. The molecule has 0 aliphatic rings. The van der Waals surface area contributed by atoms with Gasteiger partial charge >= 0.3 is 0 Å². The van der Waals surface area contributed by atoms with Gasteiger partial charge in [0, 0.05) is 11.6 Å². The summed E-state index contributed by atoms with van der Waals surface area (Å²) in [6.07, 6.45) is 1.64. The van der Waals surface area contributed by atoms with Gasteiger partial charge < -0.3 is 4.98 Å². The van der Waals surface area contributed by atoms with E-state index in [1.54, 1.807) is 30.5 Å². The Morgan fingerprint density at radius 3 is 2.50 bits per heavy atom. The summed E-state index contributed by atoms with van der Waals surface area (Å²) in [7, 11) is -3.48. The van der Waals surface area contributed by atoms with Crippen LogP contribution in [0.1, 0.15) is 5.56 Å². The summed E-state index contributed by atoms with van der Waals surface area (Å²) in [5.41, 5.74) is 1.91. The quantitative estimate of drug-likeness (QED) is 0.747. The summed E-state index contributed by atoms with van der Waals surface area (Å²) in [6, 6.07) is 14.4. The van der Waals surface area contributed by atoms with Gasteiger partial charge in [-0.15, -0.1) is 0 Å². The number of aromatic amines is 1. The molecule has 3 rings (SSSR count). The van der Waals surface area contributed by atoms with Gasteiger partial charge in [0.2, 0.25) is 10.0 Å². The van der Waals surface area contributed by atoms with Gasteiger partial charge in [0.15, 0.2) is 0 Å². The maximum atomic E-state index is 12.3. The number of para-hydroxylation sites is 1. The number of anilines is 1. The fraction of sp³-hybridized carbons (Fsp3) is 0.0667. The molecule has 0 amide bonds. The van der Waals surface area contributed by atoms with Gasteiger partial charge in [0.1, 0.15) is 0 Å². The Hall–Kier alpha value is -1.63. The number of H-pyrrole nitrogens is 1. The average Bonchev–Trinajstić information content (AvgIpc) is 2.82. The molecule has 0 spiro atoms. The third-order valence-corrected chi connectivity index (χ3v) is 4.69. The molecule has 0 saturated carbocycles. The average molecular weight is 355 g/mol. The molecule has 1 aromatic heterocycles. The lowest BCUT2D eigenvalue weighted by Gasteiger charge is -2.09. The highest BCUT2D eigenvalue weighted by Crippen LogP contribution is 2.29. The van der Waals surface area contributed by atoms with Crippen LogP contribution in [0.3, 0.4) is 0 Å². The number of nitrogens with one attached hydrogen (secondary N) is 2. The van der Waals surface area contributed by atoms with Gasteiger partial charge in [0.25, 0.3) is 0 Å². The van der Waals surface area contributed by atoms with Crippen LogP contribution in [-0.2, 0) is 15.8 Å². The van der Waals surface area contributed by atoms with Crippen molar-refractivity contribution in [2.24, 2.45) is 0 Å². The van der Waals surface area contributed by atoms with Crippen LogP contribution in [0.25, 0.3) is 10.9 Å². The molecule has 0 aliphatic carbocycles. The molecular formula is C15H15ClN2O2S2. The summed E-state index contributed by atoms with van der Waals surface area (Å²) in [6.45, 7) is 0. The smallest absolute Gasteiger partial charge is 0.236 e. The third-order valence-electron chi connectivity index (χ3n) is 3.13. The lowest BCUT2D eigenvalue weighted by molar-refractivity contribution is 0.600. The number of hydrogen-bond acceptors (Lipinski definition) is 2. The van der Waals surface area contributed by atoms with Gasteiger partial charge in [-0.2, -0.15) is 13.5 Å². The number of hydrogen-bond donors (Lipinski definition) is 2. The SMILES string of the molecule is O=S(=O)(Cc1ccccc1)Nc1cccc2c(Cl)c[nH]c12.S. The van der Waals surface area contributed by atoms with Crippen LogP contribution in [-0.4, -0.2) is 13.4 Å². The zero-order valence-corrected chi connectivity index (χ0v) is 14.1. The zero-order chi connectivity index (χ0) is 14.9. The van der Waals surface area contributed by atoms with Crippen molar-refractivity contribution in [3.8, 4) is 0 Å². The molecule has 4 nitrogen and oxygen atoms in total. The van der Waals surface area contributed by atoms with Crippen LogP contribution in [0.15, 0.2) is 54.7 Å². The molecular weight excluding hydrogens is 340 g/mol. The molecule has 0 atom stereocenters. The summed E-state index contributed by atoms with van der Waals surface area (Å²) in [5.74, 6) is -0.0708. The second kappa shape index (κ2) is 6.64. The van der Waals surface area contributed by atoms with E-state index in [2.05, 4.69) is 9.71 Å².